The maximum Gasteiger partial charge on any atom is 0.416 e. The lowest BCUT2D eigenvalue weighted by Crippen LogP contribution is -2.05. The molecule has 8 aromatic carbocycles. The Balaban J connectivity index is 1.74. The quantitative estimate of drug-likeness (QED) is 0.173. The molecule has 0 atom stereocenters. The van der Waals surface area contributed by atoms with Gasteiger partial charge in [-0.1, -0.05) is 151 Å². The third-order valence-electron chi connectivity index (χ3n) is 9.09. The van der Waals surface area contributed by atoms with Crippen molar-refractivity contribution in [3.63, 3.8) is 0 Å². The van der Waals surface area contributed by atoms with Gasteiger partial charge in [-0.25, -0.2) is 0 Å². The van der Waals surface area contributed by atoms with E-state index in [-0.39, 0.29) is 0 Å². The highest BCUT2D eigenvalue weighted by Gasteiger charge is 2.31. The number of hydrogen-bond donors (Lipinski definition) is 0. The Bertz CT molecular complexity index is 2440. The molecule has 226 valence electrons. The first-order valence-corrected chi connectivity index (χ1v) is 15.7. The van der Waals surface area contributed by atoms with Gasteiger partial charge in [0.25, 0.3) is 0 Å². The van der Waals surface area contributed by atoms with Crippen molar-refractivity contribution in [3.8, 4) is 44.5 Å². The Morgan fingerprint density at radius 1 is 0.362 bits per heavy atom. The van der Waals surface area contributed by atoms with Crippen LogP contribution in [0.1, 0.15) is 11.1 Å². The summed E-state index contributed by atoms with van der Waals surface area (Å²) in [6.45, 7) is 2.09. The Labute approximate surface area is 271 Å². The minimum Gasteiger partial charge on any atom is -0.166 e. The first-order chi connectivity index (χ1) is 22.9. The average Bonchev–Trinajstić information content (AvgIpc) is 3.10. The fraction of sp³-hybridized carbons (Fsp3) is 0.0455. The Morgan fingerprint density at radius 2 is 0.723 bits per heavy atom. The van der Waals surface area contributed by atoms with Crippen molar-refractivity contribution in [2.75, 3.05) is 0 Å². The predicted molar refractivity (Wildman–Crippen MR) is 190 cm³/mol. The minimum atomic E-state index is -4.48. The summed E-state index contributed by atoms with van der Waals surface area (Å²) < 4.78 is 42.8. The molecular weight excluding hydrogens is 585 g/mol. The van der Waals surface area contributed by atoms with Crippen LogP contribution in [0, 0.1) is 6.92 Å². The van der Waals surface area contributed by atoms with E-state index < -0.39 is 11.7 Å². The van der Waals surface area contributed by atoms with Gasteiger partial charge in [0.05, 0.1) is 5.56 Å². The molecule has 0 fully saturated rings. The average molecular weight is 615 g/mol. The van der Waals surface area contributed by atoms with Gasteiger partial charge in [-0.2, -0.15) is 13.2 Å². The van der Waals surface area contributed by atoms with Gasteiger partial charge in [0.15, 0.2) is 0 Å². The molecule has 0 unspecified atom stereocenters. The van der Waals surface area contributed by atoms with E-state index in [1.807, 2.05) is 60.7 Å². The number of fused-ring (bicyclic) bond motifs is 3. The molecule has 47 heavy (non-hydrogen) atoms. The second-order valence-electron chi connectivity index (χ2n) is 12.0. The van der Waals surface area contributed by atoms with Crippen molar-refractivity contribution in [3.05, 3.63) is 169 Å². The number of aryl methyl sites for hydroxylation is 1. The summed E-state index contributed by atoms with van der Waals surface area (Å²) in [5.74, 6) is 0. The summed E-state index contributed by atoms with van der Waals surface area (Å²) in [4.78, 5) is 0. The zero-order chi connectivity index (χ0) is 32.1. The fourth-order valence-electron chi connectivity index (χ4n) is 7.19. The monoisotopic (exact) mass is 614 g/mol. The first-order valence-electron chi connectivity index (χ1n) is 15.7. The summed E-state index contributed by atoms with van der Waals surface area (Å²) >= 11 is 0. The number of halogens is 3. The predicted octanol–water partition coefficient (Wildman–Crippen LogP) is 13.1. The fourth-order valence-corrected chi connectivity index (χ4v) is 7.19. The Morgan fingerprint density at radius 3 is 1.15 bits per heavy atom. The van der Waals surface area contributed by atoms with Crippen molar-refractivity contribution in [2.45, 2.75) is 13.1 Å². The SMILES string of the molecule is Cc1cccc(-c2c3ccccc3c(-c3cccc(C(F)(F)F)c3)c3c(-c4ccccc4)c4ccccc4c(-c4ccccc4)c23)c1. The molecule has 0 saturated carbocycles. The van der Waals surface area contributed by atoms with Gasteiger partial charge in [-0.05, 0) is 95.9 Å². The highest BCUT2D eigenvalue weighted by Crippen LogP contribution is 2.53. The van der Waals surface area contributed by atoms with Crippen molar-refractivity contribution in [2.24, 2.45) is 0 Å². The van der Waals surface area contributed by atoms with E-state index >= 15 is 0 Å². The first kappa shape index (κ1) is 28.8. The second kappa shape index (κ2) is 11.3. The zero-order valence-corrected chi connectivity index (χ0v) is 25.6. The van der Waals surface area contributed by atoms with Crippen LogP contribution in [0.5, 0.6) is 0 Å². The van der Waals surface area contributed by atoms with Gasteiger partial charge in [-0.15, -0.1) is 0 Å². The van der Waals surface area contributed by atoms with E-state index in [4.69, 9.17) is 0 Å². The molecule has 0 bridgehead atoms. The van der Waals surface area contributed by atoms with E-state index in [0.717, 1.165) is 82.9 Å². The molecule has 0 aliphatic heterocycles. The molecule has 0 aliphatic carbocycles. The molecule has 0 aliphatic rings. The minimum absolute atomic E-state index is 0.531. The smallest absolute Gasteiger partial charge is 0.166 e. The van der Waals surface area contributed by atoms with Crippen LogP contribution in [-0.2, 0) is 6.18 Å². The maximum absolute atomic E-state index is 14.3. The number of hydrogen-bond acceptors (Lipinski definition) is 0. The maximum atomic E-state index is 14.3. The summed E-state index contributed by atoms with van der Waals surface area (Å²) in [6.07, 6.45) is -4.48. The van der Waals surface area contributed by atoms with Gasteiger partial charge >= 0.3 is 6.18 Å². The molecule has 0 heterocycles. The van der Waals surface area contributed by atoms with Crippen LogP contribution in [-0.4, -0.2) is 0 Å². The molecule has 0 aromatic heterocycles. The van der Waals surface area contributed by atoms with E-state index in [9.17, 15) is 13.2 Å². The highest BCUT2D eigenvalue weighted by atomic mass is 19.4. The molecule has 0 saturated heterocycles. The van der Waals surface area contributed by atoms with Crippen molar-refractivity contribution >= 4 is 32.3 Å². The summed E-state index contributed by atoms with van der Waals surface area (Å²) in [6, 6.07) is 51.5. The summed E-state index contributed by atoms with van der Waals surface area (Å²) in [5.41, 5.74) is 8.04. The molecule has 8 rings (SSSR count). The van der Waals surface area contributed by atoms with E-state index in [0.29, 0.717) is 5.56 Å². The third-order valence-corrected chi connectivity index (χ3v) is 9.09. The lowest BCUT2D eigenvalue weighted by atomic mass is 9.77. The van der Waals surface area contributed by atoms with Crippen LogP contribution in [0.4, 0.5) is 13.2 Å². The highest BCUT2D eigenvalue weighted by molar-refractivity contribution is 6.33. The number of benzene rings is 8. The van der Waals surface area contributed by atoms with Crippen LogP contribution >= 0.6 is 0 Å². The van der Waals surface area contributed by atoms with Gasteiger partial charge in [0.2, 0.25) is 0 Å². The van der Waals surface area contributed by atoms with Crippen LogP contribution in [0.15, 0.2) is 158 Å². The van der Waals surface area contributed by atoms with E-state index in [1.165, 1.54) is 12.1 Å². The van der Waals surface area contributed by atoms with E-state index in [2.05, 4.69) is 85.8 Å². The Kier molecular flexibility index (Phi) is 6.91. The largest absolute Gasteiger partial charge is 0.416 e. The number of alkyl halides is 3. The molecular formula is C44H29F3. The molecule has 0 amide bonds. The Hall–Kier alpha value is -5.67. The summed E-state index contributed by atoms with van der Waals surface area (Å²) in [5, 5.41) is 5.98. The lowest BCUT2D eigenvalue weighted by Gasteiger charge is -2.25. The van der Waals surface area contributed by atoms with Gasteiger partial charge in [0.1, 0.15) is 0 Å². The molecule has 0 nitrogen and oxygen atoms in total. The standard InChI is InChI=1S/C44H29F3/c1-28-14-12-19-31(26-28)40-36-24-10-11-25-37(36)41(32-20-13-21-33(27-32)44(45,46)47)43-39(30-17-6-3-7-18-30)35-23-9-8-22-34(35)38(42(40)43)29-15-4-2-5-16-29/h2-27H,1H3. The topological polar surface area (TPSA) is 0 Å². The van der Waals surface area contributed by atoms with Gasteiger partial charge < -0.3 is 0 Å². The number of rotatable bonds is 4. The van der Waals surface area contributed by atoms with Gasteiger partial charge in [0, 0.05) is 0 Å². The van der Waals surface area contributed by atoms with Crippen molar-refractivity contribution in [1.82, 2.24) is 0 Å². The van der Waals surface area contributed by atoms with Crippen molar-refractivity contribution in [1.29, 1.82) is 0 Å². The van der Waals surface area contributed by atoms with Crippen LogP contribution in [0.3, 0.4) is 0 Å². The third kappa shape index (κ3) is 4.87. The van der Waals surface area contributed by atoms with Crippen LogP contribution < -0.4 is 0 Å². The van der Waals surface area contributed by atoms with E-state index in [1.54, 1.807) is 0 Å². The molecule has 0 spiro atoms. The second-order valence-corrected chi connectivity index (χ2v) is 12.0. The zero-order valence-electron chi connectivity index (χ0n) is 25.6. The van der Waals surface area contributed by atoms with Crippen molar-refractivity contribution < 1.29 is 13.2 Å². The van der Waals surface area contributed by atoms with Crippen LogP contribution in [0.25, 0.3) is 76.8 Å². The van der Waals surface area contributed by atoms with Crippen LogP contribution in [0.2, 0.25) is 0 Å². The van der Waals surface area contributed by atoms with Gasteiger partial charge in [-0.3, -0.25) is 0 Å². The lowest BCUT2D eigenvalue weighted by molar-refractivity contribution is -0.137. The molecule has 8 aromatic rings. The molecule has 0 N–H and O–H groups in total. The molecule has 0 radical (unpaired) electrons. The summed E-state index contributed by atoms with van der Waals surface area (Å²) in [7, 11) is 0. The normalized spacial score (nSPS) is 11.8. The molecule has 3 heteroatoms.